The normalized spacial score (nSPS) is 14.9. The summed E-state index contributed by atoms with van der Waals surface area (Å²) in [7, 11) is 0. The second-order valence-electron chi connectivity index (χ2n) is 17.5. The maximum atomic E-state index is 15.0. The number of carboxylic acids is 3. The van der Waals surface area contributed by atoms with Crippen molar-refractivity contribution in [3.8, 4) is 0 Å². The molecular formula is C50H64N8O13S. The maximum Gasteiger partial charge on any atom is 0.305 e. The van der Waals surface area contributed by atoms with E-state index in [2.05, 4.69) is 54.8 Å². The van der Waals surface area contributed by atoms with Crippen LogP contribution >= 0.6 is 12.6 Å². The van der Waals surface area contributed by atoms with Gasteiger partial charge >= 0.3 is 17.9 Å². The van der Waals surface area contributed by atoms with Crippen molar-refractivity contribution in [2.45, 2.75) is 126 Å². The average molecular weight is 1020 g/mol. The molecular weight excluding hydrogens is 953 g/mol. The summed E-state index contributed by atoms with van der Waals surface area (Å²) in [5.74, 6) is -11.6. The summed E-state index contributed by atoms with van der Waals surface area (Å²) in [6, 6.07) is 13.0. The summed E-state index contributed by atoms with van der Waals surface area (Å²) in [4.78, 5) is 136. The number of thiol groups is 1. The van der Waals surface area contributed by atoms with E-state index in [4.69, 9.17) is 0 Å². The number of pyridine rings is 1. The molecule has 388 valence electrons. The summed E-state index contributed by atoms with van der Waals surface area (Å²) in [6.45, 7) is 1.25. The Bertz CT molecular complexity index is 2270. The highest BCUT2D eigenvalue weighted by Gasteiger charge is 2.38. The topological polar surface area (TPSA) is 328 Å². The van der Waals surface area contributed by atoms with E-state index in [9.17, 15) is 63.3 Å². The van der Waals surface area contributed by atoms with E-state index >= 15 is 0 Å². The van der Waals surface area contributed by atoms with Crippen molar-refractivity contribution in [1.29, 1.82) is 0 Å². The molecule has 3 aromatic rings. The third-order valence-corrected chi connectivity index (χ3v) is 12.4. The molecule has 21 nitrogen and oxygen atoms in total. The Morgan fingerprint density at radius 1 is 0.569 bits per heavy atom. The number of carbonyl (C=O) groups excluding carboxylic acids is 7. The summed E-state index contributed by atoms with van der Waals surface area (Å²) >= 11 is 4.31. The molecule has 1 aliphatic carbocycles. The van der Waals surface area contributed by atoms with E-state index in [0.29, 0.717) is 17.5 Å². The monoisotopic (exact) mass is 1020 g/mol. The molecule has 1 fully saturated rings. The number of rotatable bonds is 29. The molecule has 1 aromatic heterocycles. The van der Waals surface area contributed by atoms with Gasteiger partial charge < -0.3 is 52.5 Å². The predicted molar refractivity (Wildman–Crippen MR) is 264 cm³/mol. The molecule has 6 atom stereocenters. The smallest absolute Gasteiger partial charge is 0.305 e. The van der Waals surface area contributed by atoms with Gasteiger partial charge in [-0.3, -0.25) is 52.9 Å². The second-order valence-corrected chi connectivity index (χ2v) is 17.9. The number of benzene rings is 2. The lowest BCUT2D eigenvalue weighted by molar-refractivity contribution is -0.141. The SMILES string of the molecule is CC(=O)N[C@@H](CC(=O)O)C(=O)N[C@@H](CCC(=O)O)C(=O)N[C@H](C(=O)N[C@@H](CCC(=O)O)C(=O)N[C@@H](CC1CCCCC1)C(=O)N[C@@H](CS)C(=O)NCCc1ccccn1)C(c1ccccc1)c1ccccc1. The largest absolute Gasteiger partial charge is 0.481 e. The Kier molecular flexibility index (Phi) is 23.6. The first-order valence-electron chi connectivity index (χ1n) is 23.8. The van der Waals surface area contributed by atoms with Crippen LogP contribution in [0.3, 0.4) is 0 Å². The van der Waals surface area contributed by atoms with Crippen molar-refractivity contribution in [3.05, 3.63) is 102 Å². The Morgan fingerprint density at radius 3 is 1.58 bits per heavy atom. The molecule has 22 heteroatoms. The molecule has 10 N–H and O–H groups in total. The van der Waals surface area contributed by atoms with E-state index in [0.717, 1.165) is 44.7 Å². The van der Waals surface area contributed by atoms with Gasteiger partial charge in [0.1, 0.15) is 36.3 Å². The van der Waals surface area contributed by atoms with Crippen LogP contribution in [0.1, 0.15) is 100 Å². The van der Waals surface area contributed by atoms with Gasteiger partial charge in [-0.2, -0.15) is 12.6 Å². The number of aliphatic carboxylic acids is 3. The first-order chi connectivity index (χ1) is 34.4. The Balaban J connectivity index is 1.70. The first-order valence-corrected chi connectivity index (χ1v) is 24.4. The minimum absolute atomic E-state index is 0.00665. The van der Waals surface area contributed by atoms with Gasteiger partial charge in [0, 0.05) is 56.3 Å². The van der Waals surface area contributed by atoms with Crippen LogP contribution in [0.2, 0.25) is 0 Å². The van der Waals surface area contributed by atoms with Crippen molar-refractivity contribution in [2.75, 3.05) is 12.3 Å². The van der Waals surface area contributed by atoms with Gasteiger partial charge in [0.15, 0.2) is 0 Å². The fraction of sp³-hybridized carbons (Fsp3) is 0.460. The van der Waals surface area contributed by atoms with Gasteiger partial charge in [-0.15, -0.1) is 0 Å². The van der Waals surface area contributed by atoms with Gasteiger partial charge in [0.2, 0.25) is 41.4 Å². The number of hydrogen-bond acceptors (Lipinski definition) is 12. The van der Waals surface area contributed by atoms with Gasteiger partial charge in [-0.25, -0.2) is 0 Å². The first kappa shape index (κ1) is 57.2. The van der Waals surface area contributed by atoms with E-state index < -0.39 is 134 Å². The van der Waals surface area contributed by atoms with Crippen LogP contribution in [0.4, 0.5) is 0 Å². The van der Waals surface area contributed by atoms with Crippen molar-refractivity contribution >= 4 is 71.9 Å². The van der Waals surface area contributed by atoms with Crippen LogP contribution in [-0.4, -0.2) is 128 Å². The molecule has 0 radical (unpaired) electrons. The molecule has 0 aliphatic heterocycles. The zero-order chi connectivity index (χ0) is 52.6. The molecule has 7 amide bonds. The van der Waals surface area contributed by atoms with Crippen LogP contribution in [0, 0.1) is 5.92 Å². The number of hydrogen-bond donors (Lipinski definition) is 11. The lowest BCUT2D eigenvalue weighted by Gasteiger charge is -2.32. The van der Waals surface area contributed by atoms with Crippen LogP contribution < -0.4 is 37.2 Å². The molecule has 0 saturated heterocycles. The highest BCUT2D eigenvalue weighted by molar-refractivity contribution is 7.80. The van der Waals surface area contributed by atoms with Gasteiger partial charge in [0.05, 0.1) is 6.42 Å². The number of amides is 7. The van der Waals surface area contributed by atoms with E-state index in [1.54, 1.807) is 79.0 Å². The quantitative estimate of drug-likeness (QED) is 0.0441. The molecule has 1 heterocycles. The summed E-state index contributed by atoms with van der Waals surface area (Å²) < 4.78 is 0. The summed E-state index contributed by atoms with van der Waals surface area (Å²) in [6.07, 6.45) is 3.22. The molecule has 4 rings (SSSR count). The fourth-order valence-corrected chi connectivity index (χ4v) is 8.66. The zero-order valence-corrected chi connectivity index (χ0v) is 40.8. The molecule has 1 saturated carbocycles. The standard InChI is InChI=1S/C50H64N8O13S/c1-30(59)53-38(28-42(64)65)49(70)54-36(21-23-41(62)63)47(68)58-44(43(32-15-7-3-8-16-32)33-17-9-4-10-18-33)50(71)55-35(20-22-40(60)61)46(67)56-37(27-31-13-5-2-6-14-31)48(69)57-39(29-72)45(66)52-26-24-34-19-11-12-25-51-34/h3-4,7-12,15-19,25,31,35-39,43-44,72H,2,5-6,13-14,20-24,26-29H2,1H3,(H,52,66)(H,53,59)(H,54,70)(H,55,71)(H,56,67)(H,57,69)(H,58,68)(H,60,61)(H,62,63)(H,64,65)/t35-,36-,37-,38-,39-,44-/m0/s1. The second kappa shape index (κ2) is 29.7. The number of carbonyl (C=O) groups is 10. The van der Waals surface area contributed by atoms with Crippen LogP contribution in [0.15, 0.2) is 85.1 Å². The summed E-state index contributed by atoms with van der Waals surface area (Å²) in [5.41, 5.74) is 1.68. The number of carboxylic acid groups (broad SMARTS) is 3. The van der Waals surface area contributed by atoms with E-state index in [-0.39, 0.29) is 24.6 Å². The van der Waals surface area contributed by atoms with Gasteiger partial charge in [-0.05, 0) is 48.4 Å². The zero-order valence-electron chi connectivity index (χ0n) is 39.9. The lowest BCUT2D eigenvalue weighted by atomic mass is 9.84. The minimum Gasteiger partial charge on any atom is -0.481 e. The van der Waals surface area contributed by atoms with E-state index in [1.807, 2.05) is 6.07 Å². The third kappa shape index (κ3) is 19.4. The van der Waals surface area contributed by atoms with Gasteiger partial charge in [-0.1, -0.05) is 98.8 Å². The Labute approximate surface area is 422 Å². The lowest BCUT2D eigenvalue weighted by Crippen LogP contribution is -2.61. The third-order valence-electron chi connectivity index (χ3n) is 12.0. The van der Waals surface area contributed by atoms with Crippen molar-refractivity contribution in [2.24, 2.45) is 5.92 Å². The van der Waals surface area contributed by atoms with Crippen LogP contribution in [0.25, 0.3) is 0 Å². The minimum atomic E-state index is -1.73. The number of aromatic nitrogens is 1. The van der Waals surface area contributed by atoms with Gasteiger partial charge in [0.25, 0.3) is 0 Å². The predicted octanol–water partition coefficient (Wildman–Crippen LogP) is 1.61. The summed E-state index contributed by atoms with van der Waals surface area (Å²) in [5, 5.41) is 46.8. The molecule has 2 aromatic carbocycles. The molecule has 72 heavy (non-hydrogen) atoms. The average Bonchev–Trinajstić information content (AvgIpc) is 3.35. The van der Waals surface area contributed by atoms with Crippen molar-refractivity contribution in [3.63, 3.8) is 0 Å². The van der Waals surface area contributed by atoms with E-state index in [1.165, 1.54) is 0 Å². The highest BCUT2D eigenvalue weighted by Crippen LogP contribution is 2.30. The maximum absolute atomic E-state index is 15.0. The number of nitrogens with zero attached hydrogens (tertiary/aromatic N) is 1. The van der Waals surface area contributed by atoms with Crippen LogP contribution in [-0.2, 0) is 54.4 Å². The Morgan fingerprint density at radius 2 is 1.07 bits per heavy atom. The van der Waals surface area contributed by atoms with Crippen molar-refractivity contribution in [1.82, 2.24) is 42.2 Å². The van der Waals surface area contributed by atoms with Crippen LogP contribution in [0.5, 0.6) is 0 Å². The molecule has 0 spiro atoms. The fourth-order valence-electron chi connectivity index (χ4n) is 8.40. The van der Waals surface area contributed by atoms with Crippen molar-refractivity contribution < 1.29 is 63.3 Å². The highest BCUT2D eigenvalue weighted by atomic mass is 32.1. The molecule has 0 unspecified atom stereocenters. The number of nitrogens with one attached hydrogen (secondary N) is 7. The molecule has 1 aliphatic rings. The molecule has 0 bridgehead atoms. The Hall–Kier alpha value is -7.36.